The van der Waals surface area contributed by atoms with Gasteiger partial charge in [0.25, 0.3) is 5.91 Å². The summed E-state index contributed by atoms with van der Waals surface area (Å²) < 4.78 is 6.44. The summed E-state index contributed by atoms with van der Waals surface area (Å²) >= 11 is 1.62. The van der Waals surface area contributed by atoms with E-state index in [2.05, 4.69) is 43.2 Å². The number of fused-ring (bicyclic) bond motifs is 2. The molecule has 8 heteroatoms. The van der Waals surface area contributed by atoms with Crippen LogP contribution in [0, 0.1) is 38.5 Å². The normalized spacial score (nSPS) is 22.2. The molecule has 2 atom stereocenters. The number of carbonyl (C=O) groups excluding carboxylic acids is 1. The van der Waals surface area contributed by atoms with Crippen molar-refractivity contribution in [2.45, 2.75) is 59.5 Å². The summed E-state index contributed by atoms with van der Waals surface area (Å²) in [6, 6.07) is 10.2. The van der Waals surface area contributed by atoms with Crippen LogP contribution in [0.5, 0.6) is 5.75 Å². The van der Waals surface area contributed by atoms with Gasteiger partial charge in [0.2, 0.25) is 0 Å². The third kappa shape index (κ3) is 5.59. The van der Waals surface area contributed by atoms with Gasteiger partial charge in [0.05, 0.1) is 11.6 Å². The van der Waals surface area contributed by atoms with Gasteiger partial charge in [-0.25, -0.2) is 4.98 Å². The maximum atomic E-state index is 13.1. The molecule has 41 heavy (non-hydrogen) atoms. The molecule has 6 rings (SSSR count). The third-order valence-electron chi connectivity index (χ3n) is 9.25. The van der Waals surface area contributed by atoms with Gasteiger partial charge in [0.15, 0.2) is 5.13 Å². The van der Waals surface area contributed by atoms with Gasteiger partial charge in [-0.05, 0) is 106 Å². The number of likely N-dealkylation sites (tertiary alicyclic amines) is 1. The summed E-state index contributed by atoms with van der Waals surface area (Å²) in [5.41, 5.74) is 6.97. The van der Waals surface area contributed by atoms with Crippen LogP contribution in [0.1, 0.15) is 64.7 Å². The zero-order valence-corrected chi connectivity index (χ0v) is 25.0. The summed E-state index contributed by atoms with van der Waals surface area (Å²) in [7, 11) is 0. The molecule has 1 saturated carbocycles. The minimum Gasteiger partial charge on any atom is -0.488 e. The molecule has 2 unspecified atom stereocenters. The van der Waals surface area contributed by atoms with Crippen molar-refractivity contribution in [3.05, 3.63) is 63.5 Å². The predicted molar refractivity (Wildman–Crippen MR) is 162 cm³/mol. The Balaban J connectivity index is 1.18. The number of carboxylic acids is 1. The van der Waals surface area contributed by atoms with Crippen LogP contribution in [-0.2, 0) is 11.4 Å². The maximum absolute atomic E-state index is 13.1. The van der Waals surface area contributed by atoms with E-state index in [9.17, 15) is 14.7 Å². The molecule has 1 aliphatic carbocycles. The SMILES string of the molecule is Cc1ccc(OCc2c(C)cc(C(=O)N3CCCCC3)cc2C)c(-c2csc(N3CC4CCC(C3)C4C(=O)O)n2)c1. The molecule has 0 spiro atoms. The Morgan fingerprint density at radius 3 is 2.34 bits per heavy atom. The van der Waals surface area contributed by atoms with E-state index in [1.54, 1.807) is 11.3 Å². The molecule has 2 bridgehead atoms. The summed E-state index contributed by atoms with van der Waals surface area (Å²) in [6.07, 6.45) is 5.34. The number of ether oxygens (including phenoxy) is 1. The average molecular weight is 574 g/mol. The van der Waals surface area contributed by atoms with Crippen LogP contribution in [0.15, 0.2) is 35.7 Å². The Kier molecular flexibility index (Phi) is 7.77. The lowest BCUT2D eigenvalue weighted by atomic mass is 9.85. The van der Waals surface area contributed by atoms with Crippen LogP contribution < -0.4 is 9.64 Å². The highest BCUT2D eigenvalue weighted by Crippen LogP contribution is 2.44. The van der Waals surface area contributed by atoms with Crippen molar-refractivity contribution in [3.8, 4) is 17.0 Å². The standard InChI is InChI=1S/C33H39N3O4S/c1-20-7-10-29(40-18-27-21(2)14-25(15-22(27)3)31(37)35-11-5-4-6-12-35)26(13-20)28-19-41-33(34-28)36-16-23-8-9-24(17-36)30(23)32(38)39/h7,10,13-15,19,23-24,30H,4-6,8-9,11-12,16-18H2,1-3H3,(H,38,39). The molecule has 3 fully saturated rings. The highest BCUT2D eigenvalue weighted by atomic mass is 32.1. The number of rotatable bonds is 7. The molecular formula is C33H39N3O4S. The second-order valence-corrected chi connectivity index (χ2v) is 12.9. The van der Waals surface area contributed by atoms with Crippen molar-refractivity contribution >= 4 is 28.3 Å². The zero-order valence-electron chi connectivity index (χ0n) is 24.2. The van der Waals surface area contributed by atoms with E-state index in [-0.39, 0.29) is 23.7 Å². The maximum Gasteiger partial charge on any atom is 0.307 e. The molecule has 1 N–H and O–H groups in total. The molecule has 1 amide bonds. The van der Waals surface area contributed by atoms with Gasteiger partial charge in [-0.1, -0.05) is 11.6 Å². The van der Waals surface area contributed by atoms with Crippen molar-refractivity contribution in [2.24, 2.45) is 17.8 Å². The fourth-order valence-corrected chi connectivity index (χ4v) is 7.91. The predicted octanol–water partition coefficient (Wildman–Crippen LogP) is 6.49. The Bertz CT molecular complexity index is 1420. The zero-order chi connectivity index (χ0) is 28.7. The van der Waals surface area contributed by atoms with Crippen molar-refractivity contribution in [3.63, 3.8) is 0 Å². The van der Waals surface area contributed by atoms with Gasteiger partial charge in [-0.15, -0.1) is 11.3 Å². The van der Waals surface area contributed by atoms with Crippen LogP contribution in [0.3, 0.4) is 0 Å². The third-order valence-corrected chi connectivity index (χ3v) is 10.2. The highest BCUT2D eigenvalue weighted by molar-refractivity contribution is 7.14. The molecule has 2 aromatic carbocycles. The molecule has 3 aliphatic rings. The number of piperidine rings is 2. The van der Waals surface area contributed by atoms with E-state index >= 15 is 0 Å². The Hall–Kier alpha value is -3.39. The number of aliphatic carboxylic acids is 1. The molecule has 2 aliphatic heterocycles. The number of nitrogens with zero attached hydrogens (tertiary/aromatic N) is 3. The van der Waals surface area contributed by atoms with Crippen molar-refractivity contribution < 1.29 is 19.4 Å². The summed E-state index contributed by atoms with van der Waals surface area (Å²) in [5.74, 6) is 0.445. The van der Waals surface area contributed by atoms with Crippen molar-refractivity contribution in [1.82, 2.24) is 9.88 Å². The smallest absolute Gasteiger partial charge is 0.307 e. The molecule has 2 saturated heterocycles. The summed E-state index contributed by atoms with van der Waals surface area (Å²) in [4.78, 5) is 34.1. The number of carbonyl (C=O) groups is 2. The van der Waals surface area contributed by atoms with Gasteiger partial charge >= 0.3 is 5.97 Å². The van der Waals surface area contributed by atoms with E-state index in [0.717, 1.165) is 102 Å². The molecule has 3 heterocycles. The first-order valence-electron chi connectivity index (χ1n) is 14.8. The number of aromatic nitrogens is 1. The highest BCUT2D eigenvalue weighted by Gasteiger charge is 2.46. The summed E-state index contributed by atoms with van der Waals surface area (Å²) in [6.45, 7) is 9.80. The second-order valence-electron chi connectivity index (χ2n) is 12.1. The van der Waals surface area contributed by atoms with Crippen LogP contribution >= 0.6 is 11.3 Å². The lowest BCUT2D eigenvalue weighted by molar-refractivity contribution is -0.144. The van der Waals surface area contributed by atoms with Crippen molar-refractivity contribution in [1.29, 1.82) is 0 Å². The number of aryl methyl sites for hydroxylation is 3. The quantitative estimate of drug-likeness (QED) is 0.348. The lowest BCUT2D eigenvalue weighted by Crippen LogP contribution is -2.44. The molecular weight excluding hydrogens is 534 g/mol. The van der Waals surface area contributed by atoms with Crippen LogP contribution in [0.4, 0.5) is 5.13 Å². The van der Waals surface area contributed by atoms with E-state index in [4.69, 9.17) is 9.72 Å². The van der Waals surface area contributed by atoms with Crippen LogP contribution in [0.2, 0.25) is 0 Å². The van der Waals surface area contributed by atoms with Crippen LogP contribution in [-0.4, -0.2) is 53.0 Å². The second kappa shape index (κ2) is 11.5. The fourth-order valence-electron chi connectivity index (χ4n) is 7.06. The molecule has 3 aromatic rings. The number of hydrogen-bond donors (Lipinski definition) is 1. The first kappa shape index (κ1) is 27.8. The Labute approximate surface area is 246 Å². The number of anilines is 1. The molecule has 1 aromatic heterocycles. The van der Waals surface area contributed by atoms with E-state index in [1.165, 1.54) is 6.42 Å². The van der Waals surface area contributed by atoms with Gasteiger partial charge in [-0.2, -0.15) is 0 Å². The number of thiazole rings is 1. The monoisotopic (exact) mass is 573 g/mol. The van der Waals surface area contributed by atoms with Gasteiger partial charge in [-0.3, -0.25) is 9.59 Å². The number of amides is 1. The van der Waals surface area contributed by atoms with E-state index in [1.807, 2.05) is 23.1 Å². The number of carboxylic acid groups (broad SMARTS) is 1. The first-order valence-corrected chi connectivity index (χ1v) is 15.7. The lowest BCUT2D eigenvalue weighted by Gasteiger charge is -2.35. The largest absolute Gasteiger partial charge is 0.488 e. The van der Waals surface area contributed by atoms with Crippen LogP contribution in [0.25, 0.3) is 11.3 Å². The fraction of sp³-hybridized carbons (Fsp3) is 0.485. The first-order chi connectivity index (χ1) is 19.8. The Morgan fingerprint density at radius 1 is 1.00 bits per heavy atom. The van der Waals surface area contributed by atoms with Crippen molar-refractivity contribution in [2.75, 3.05) is 31.1 Å². The number of hydrogen-bond acceptors (Lipinski definition) is 6. The molecule has 7 nitrogen and oxygen atoms in total. The van der Waals surface area contributed by atoms with Gasteiger partial charge < -0.3 is 19.6 Å². The molecule has 0 radical (unpaired) electrons. The molecule has 216 valence electrons. The van der Waals surface area contributed by atoms with Gasteiger partial charge in [0.1, 0.15) is 12.4 Å². The summed E-state index contributed by atoms with van der Waals surface area (Å²) in [5, 5.41) is 12.7. The topological polar surface area (TPSA) is 83.0 Å². The average Bonchev–Trinajstić information content (AvgIpc) is 3.56. The van der Waals surface area contributed by atoms with Gasteiger partial charge in [0, 0.05) is 42.7 Å². The van der Waals surface area contributed by atoms with E-state index in [0.29, 0.717) is 6.61 Å². The number of benzene rings is 2. The van der Waals surface area contributed by atoms with E-state index < -0.39 is 5.97 Å². The minimum absolute atomic E-state index is 0.128. The Morgan fingerprint density at radius 2 is 1.68 bits per heavy atom. The minimum atomic E-state index is -0.646.